The molecule has 1 aromatic heterocycles. The molecule has 0 saturated heterocycles. The van der Waals surface area contributed by atoms with Gasteiger partial charge in [-0.05, 0) is 146 Å². The second-order valence-electron chi connectivity index (χ2n) is 16.7. The summed E-state index contributed by atoms with van der Waals surface area (Å²) in [6.45, 7) is 0. The van der Waals surface area contributed by atoms with Crippen molar-refractivity contribution in [3.8, 4) is 44.5 Å². The van der Waals surface area contributed by atoms with E-state index in [0.717, 1.165) is 21.9 Å². The zero-order valence-electron chi connectivity index (χ0n) is 32.5. The van der Waals surface area contributed by atoms with Gasteiger partial charge in [-0.3, -0.25) is 0 Å². The van der Waals surface area contributed by atoms with Gasteiger partial charge in [0.1, 0.15) is 11.2 Å². The first-order valence-corrected chi connectivity index (χ1v) is 20.9. The standard InChI is InChI=1S/C59H34O/c1-4-16-40-35(13-1)25-28-46-48(40)31-36-14-2-5-17-41(36)56(46)39-26-29-47-52(34-39)59(50-22-10-7-19-43(50)44-20-8-11-23-51(44)59)53-33-37-15-3-6-18-42(37)57(58(47)53)38-27-30-55-49(32-38)45-21-9-12-24-54(45)60-55/h1-34H. The molecule has 1 nitrogen and oxygen atoms in total. The second-order valence-corrected chi connectivity index (χ2v) is 16.7. The summed E-state index contributed by atoms with van der Waals surface area (Å²) in [5, 5.41) is 12.4. The SMILES string of the molecule is c1ccc2c(c1)-c1ccccc1C21c2cc(-c3c4ccccc4cc4c3ccc3ccccc34)ccc2-c2c1cc1ccccc1c2-c1ccc2oc3ccccc3c2c1. The summed E-state index contributed by atoms with van der Waals surface area (Å²) >= 11 is 0. The number of rotatable bonds is 2. The van der Waals surface area contributed by atoms with Gasteiger partial charge in [0, 0.05) is 10.8 Å². The van der Waals surface area contributed by atoms with Crippen LogP contribution in [0.2, 0.25) is 0 Å². The minimum atomic E-state index is -0.536. The molecule has 0 N–H and O–H groups in total. The molecule has 2 aliphatic carbocycles. The molecule has 0 fully saturated rings. The van der Waals surface area contributed by atoms with Gasteiger partial charge in [-0.25, -0.2) is 0 Å². The van der Waals surface area contributed by atoms with Crippen LogP contribution in [0.3, 0.4) is 0 Å². The van der Waals surface area contributed by atoms with Gasteiger partial charge in [0.25, 0.3) is 0 Å². The van der Waals surface area contributed by atoms with E-state index in [0.29, 0.717) is 0 Å². The highest BCUT2D eigenvalue weighted by atomic mass is 16.3. The second kappa shape index (κ2) is 11.7. The van der Waals surface area contributed by atoms with Crippen LogP contribution >= 0.6 is 0 Å². The lowest BCUT2D eigenvalue weighted by Gasteiger charge is -2.31. The predicted molar refractivity (Wildman–Crippen MR) is 251 cm³/mol. The van der Waals surface area contributed by atoms with Gasteiger partial charge >= 0.3 is 0 Å². The van der Waals surface area contributed by atoms with E-state index in [1.807, 2.05) is 6.07 Å². The molecule has 1 spiro atoms. The smallest absolute Gasteiger partial charge is 0.135 e. The third kappa shape index (κ3) is 4.06. The van der Waals surface area contributed by atoms with Gasteiger partial charge in [-0.15, -0.1) is 0 Å². The first-order valence-electron chi connectivity index (χ1n) is 20.9. The molecule has 11 aromatic carbocycles. The minimum absolute atomic E-state index is 0.536. The molecular formula is C59H34O. The molecule has 12 aromatic rings. The van der Waals surface area contributed by atoms with Crippen LogP contribution in [0.4, 0.5) is 0 Å². The maximum absolute atomic E-state index is 6.37. The molecule has 14 rings (SSSR count). The van der Waals surface area contributed by atoms with Crippen LogP contribution in [0.5, 0.6) is 0 Å². The summed E-state index contributed by atoms with van der Waals surface area (Å²) in [6, 6.07) is 77.2. The summed E-state index contributed by atoms with van der Waals surface area (Å²) in [5.74, 6) is 0. The Balaban J connectivity index is 1.15. The number of fused-ring (bicyclic) bond motifs is 18. The molecular weight excluding hydrogens is 725 g/mol. The summed E-state index contributed by atoms with van der Waals surface area (Å²) < 4.78 is 6.37. The number of benzene rings is 11. The Morgan fingerprint density at radius 2 is 0.850 bits per heavy atom. The van der Waals surface area contributed by atoms with Gasteiger partial charge in [0.05, 0.1) is 5.41 Å². The van der Waals surface area contributed by atoms with Crippen molar-refractivity contribution in [2.45, 2.75) is 5.41 Å². The van der Waals surface area contributed by atoms with Crippen LogP contribution in [0.1, 0.15) is 22.3 Å². The van der Waals surface area contributed by atoms with Crippen molar-refractivity contribution in [3.63, 3.8) is 0 Å². The third-order valence-electron chi connectivity index (χ3n) is 13.8. The highest BCUT2D eigenvalue weighted by molar-refractivity contribution is 6.21. The highest BCUT2D eigenvalue weighted by Crippen LogP contribution is 2.65. The van der Waals surface area contributed by atoms with E-state index in [-0.39, 0.29) is 0 Å². The third-order valence-corrected chi connectivity index (χ3v) is 13.8. The molecule has 0 bridgehead atoms. The lowest BCUT2D eigenvalue weighted by molar-refractivity contribution is 0.669. The molecule has 60 heavy (non-hydrogen) atoms. The summed E-state index contributed by atoms with van der Waals surface area (Å²) in [6.07, 6.45) is 0. The Hall–Kier alpha value is -7.74. The van der Waals surface area contributed by atoms with Gasteiger partial charge in [-0.1, -0.05) is 170 Å². The van der Waals surface area contributed by atoms with Gasteiger partial charge < -0.3 is 4.42 Å². The van der Waals surface area contributed by atoms with E-state index in [4.69, 9.17) is 4.42 Å². The van der Waals surface area contributed by atoms with Gasteiger partial charge in [0.15, 0.2) is 0 Å². The van der Waals surface area contributed by atoms with E-state index < -0.39 is 5.41 Å². The molecule has 0 aliphatic heterocycles. The topological polar surface area (TPSA) is 13.1 Å². The molecule has 2 aliphatic rings. The maximum atomic E-state index is 6.37. The number of hydrogen-bond donors (Lipinski definition) is 0. The first kappa shape index (κ1) is 32.2. The number of furan rings is 1. The molecule has 0 saturated carbocycles. The van der Waals surface area contributed by atoms with Crippen molar-refractivity contribution in [1.29, 1.82) is 0 Å². The van der Waals surface area contributed by atoms with E-state index in [1.165, 1.54) is 110 Å². The summed E-state index contributed by atoms with van der Waals surface area (Å²) in [4.78, 5) is 0. The minimum Gasteiger partial charge on any atom is -0.456 e. The predicted octanol–water partition coefficient (Wildman–Crippen LogP) is 15.9. The molecule has 0 amide bonds. The van der Waals surface area contributed by atoms with Crippen LogP contribution in [-0.2, 0) is 5.41 Å². The van der Waals surface area contributed by atoms with Gasteiger partial charge in [0.2, 0.25) is 0 Å². The van der Waals surface area contributed by atoms with E-state index in [9.17, 15) is 0 Å². The first-order chi connectivity index (χ1) is 29.8. The van der Waals surface area contributed by atoms with Crippen molar-refractivity contribution in [2.75, 3.05) is 0 Å². The fourth-order valence-corrected chi connectivity index (χ4v) is 11.4. The van der Waals surface area contributed by atoms with Crippen LogP contribution in [0.15, 0.2) is 211 Å². The summed E-state index contributed by atoms with van der Waals surface area (Å²) in [7, 11) is 0. The number of hydrogen-bond acceptors (Lipinski definition) is 1. The fraction of sp³-hybridized carbons (Fsp3) is 0.0169. The van der Waals surface area contributed by atoms with E-state index in [1.54, 1.807) is 0 Å². The molecule has 1 heteroatoms. The van der Waals surface area contributed by atoms with Crippen LogP contribution < -0.4 is 0 Å². The largest absolute Gasteiger partial charge is 0.456 e. The summed E-state index contributed by atoms with van der Waals surface area (Å²) in [5.41, 5.74) is 16.8. The van der Waals surface area contributed by atoms with Crippen molar-refractivity contribution >= 4 is 65.0 Å². The lowest BCUT2D eigenvalue weighted by atomic mass is 9.69. The average molecular weight is 759 g/mol. The number of para-hydroxylation sites is 1. The molecule has 0 unspecified atom stereocenters. The highest BCUT2D eigenvalue weighted by Gasteiger charge is 2.52. The Labute approximate surface area is 346 Å². The van der Waals surface area contributed by atoms with Crippen molar-refractivity contribution < 1.29 is 4.42 Å². The zero-order chi connectivity index (χ0) is 39.1. The molecule has 0 atom stereocenters. The quantitative estimate of drug-likeness (QED) is 0.126. The molecule has 0 radical (unpaired) electrons. The zero-order valence-corrected chi connectivity index (χ0v) is 32.5. The van der Waals surface area contributed by atoms with Gasteiger partial charge in [-0.2, -0.15) is 0 Å². The van der Waals surface area contributed by atoms with Crippen LogP contribution in [0.25, 0.3) is 110 Å². The molecule has 1 heterocycles. The Bertz CT molecular complexity index is 3800. The Morgan fingerprint density at radius 3 is 1.63 bits per heavy atom. The normalized spacial score (nSPS) is 13.5. The van der Waals surface area contributed by atoms with Crippen LogP contribution in [-0.4, -0.2) is 0 Å². The van der Waals surface area contributed by atoms with E-state index in [2.05, 4.69) is 200 Å². The van der Waals surface area contributed by atoms with Crippen molar-refractivity contribution in [1.82, 2.24) is 0 Å². The van der Waals surface area contributed by atoms with Crippen LogP contribution in [0, 0.1) is 0 Å². The van der Waals surface area contributed by atoms with Crippen molar-refractivity contribution in [3.05, 3.63) is 229 Å². The lowest BCUT2D eigenvalue weighted by Crippen LogP contribution is -2.26. The molecule has 276 valence electrons. The monoisotopic (exact) mass is 758 g/mol. The van der Waals surface area contributed by atoms with Crippen molar-refractivity contribution in [2.24, 2.45) is 0 Å². The Kier molecular flexibility index (Phi) is 6.28. The fourth-order valence-electron chi connectivity index (χ4n) is 11.4. The maximum Gasteiger partial charge on any atom is 0.135 e. The average Bonchev–Trinajstić information content (AvgIpc) is 3.93. The van der Waals surface area contributed by atoms with E-state index >= 15 is 0 Å². The Morgan fingerprint density at radius 1 is 0.267 bits per heavy atom.